The largest absolute Gasteiger partial charge is 0.354 e. The van der Waals surface area contributed by atoms with Gasteiger partial charge in [-0.3, -0.25) is 14.8 Å². The van der Waals surface area contributed by atoms with E-state index >= 15 is 0 Å². The summed E-state index contributed by atoms with van der Waals surface area (Å²) in [5, 5.41) is 3.14. The molecule has 2 aromatic heterocycles. The second-order valence-corrected chi connectivity index (χ2v) is 7.21. The lowest BCUT2D eigenvalue weighted by molar-refractivity contribution is 0.628. The predicted octanol–water partition coefficient (Wildman–Crippen LogP) is 4.04. The highest BCUT2D eigenvalue weighted by atomic mass is 35.5. The number of nitrogens with two attached hydrogens (primary N) is 1. The van der Waals surface area contributed by atoms with E-state index in [4.69, 9.17) is 5.73 Å². The summed E-state index contributed by atoms with van der Waals surface area (Å²) in [5.74, 6) is -0.0459. The quantitative estimate of drug-likeness (QED) is 0.394. The van der Waals surface area contributed by atoms with Crippen molar-refractivity contribution in [1.29, 1.82) is 0 Å². The van der Waals surface area contributed by atoms with Gasteiger partial charge < -0.3 is 11.1 Å². The van der Waals surface area contributed by atoms with Crippen LogP contribution in [-0.2, 0) is 6.42 Å². The molecule has 0 aliphatic heterocycles. The number of pyridine rings is 1. The lowest BCUT2D eigenvalue weighted by Crippen LogP contribution is -2.32. The molecule has 2 heterocycles. The Kier molecular flexibility index (Phi) is 7.70. The van der Waals surface area contributed by atoms with Gasteiger partial charge in [0.15, 0.2) is 0 Å². The Labute approximate surface area is 191 Å². The van der Waals surface area contributed by atoms with Crippen LogP contribution in [0.2, 0.25) is 0 Å². The Morgan fingerprint density at radius 2 is 1.66 bits per heavy atom. The van der Waals surface area contributed by atoms with Crippen molar-refractivity contribution in [2.24, 2.45) is 5.73 Å². The number of aromatic nitrogens is 3. The first-order chi connectivity index (χ1) is 15.1. The minimum atomic E-state index is -0.371. The average molecular weight is 452 g/mol. The van der Waals surface area contributed by atoms with E-state index in [9.17, 15) is 9.18 Å². The molecule has 4 aromatic rings. The Hall–Kier alpha value is -3.55. The molecule has 32 heavy (non-hydrogen) atoms. The van der Waals surface area contributed by atoms with Crippen molar-refractivity contribution in [2.75, 3.05) is 11.9 Å². The van der Waals surface area contributed by atoms with Gasteiger partial charge in [-0.15, -0.1) is 12.4 Å². The van der Waals surface area contributed by atoms with E-state index in [0.29, 0.717) is 35.7 Å². The summed E-state index contributed by atoms with van der Waals surface area (Å²) < 4.78 is 13.4. The molecule has 0 spiro atoms. The molecular weight excluding hydrogens is 429 g/mol. The number of anilines is 1. The van der Waals surface area contributed by atoms with Gasteiger partial charge in [0.1, 0.15) is 5.82 Å². The summed E-state index contributed by atoms with van der Waals surface area (Å²) in [4.78, 5) is 24.4. The number of aromatic amines is 1. The van der Waals surface area contributed by atoms with Gasteiger partial charge in [0.05, 0.1) is 11.3 Å². The molecule has 0 fully saturated rings. The van der Waals surface area contributed by atoms with Crippen LogP contribution in [0.3, 0.4) is 0 Å². The molecule has 2 aromatic carbocycles. The van der Waals surface area contributed by atoms with Crippen molar-refractivity contribution >= 4 is 18.4 Å². The normalized spacial score (nSPS) is 11.4. The molecule has 0 saturated heterocycles. The van der Waals surface area contributed by atoms with Crippen molar-refractivity contribution in [3.05, 3.63) is 101 Å². The number of hydrogen-bond acceptors (Lipinski definition) is 5. The summed E-state index contributed by atoms with van der Waals surface area (Å²) >= 11 is 0. The van der Waals surface area contributed by atoms with E-state index in [2.05, 4.69) is 20.3 Å². The van der Waals surface area contributed by atoms with Crippen molar-refractivity contribution < 1.29 is 4.39 Å². The van der Waals surface area contributed by atoms with E-state index < -0.39 is 0 Å². The highest BCUT2D eigenvalue weighted by Crippen LogP contribution is 2.28. The second kappa shape index (κ2) is 10.7. The van der Waals surface area contributed by atoms with Crippen LogP contribution in [0.1, 0.15) is 5.56 Å². The van der Waals surface area contributed by atoms with Gasteiger partial charge in [-0.05, 0) is 41.8 Å². The maximum Gasteiger partial charge on any atom is 0.260 e. The average Bonchev–Trinajstić information content (AvgIpc) is 2.79. The van der Waals surface area contributed by atoms with Crippen molar-refractivity contribution in [1.82, 2.24) is 15.0 Å². The fourth-order valence-corrected chi connectivity index (χ4v) is 3.38. The van der Waals surface area contributed by atoms with Gasteiger partial charge >= 0.3 is 0 Å². The maximum atomic E-state index is 13.4. The van der Waals surface area contributed by atoms with E-state index in [1.54, 1.807) is 36.7 Å². The van der Waals surface area contributed by atoms with Gasteiger partial charge in [0.25, 0.3) is 5.56 Å². The smallest absolute Gasteiger partial charge is 0.260 e. The van der Waals surface area contributed by atoms with Gasteiger partial charge in [0.2, 0.25) is 5.95 Å². The number of H-pyrrole nitrogens is 1. The van der Waals surface area contributed by atoms with Gasteiger partial charge in [-0.2, -0.15) is 0 Å². The first kappa shape index (κ1) is 23.1. The minimum Gasteiger partial charge on any atom is -0.354 e. The minimum absolute atomic E-state index is 0. The lowest BCUT2D eigenvalue weighted by Gasteiger charge is -2.15. The third kappa shape index (κ3) is 5.57. The zero-order valence-electron chi connectivity index (χ0n) is 17.2. The fraction of sp³-hybridized carbons (Fsp3) is 0.125. The number of benzene rings is 2. The van der Waals surface area contributed by atoms with Crippen molar-refractivity contribution in [3.8, 4) is 22.4 Å². The Balaban J connectivity index is 0.00000289. The molecule has 0 saturated carbocycles. The SMILES string of the molecule is Cl.N[C@@H](CNc1nc(-c2ccncc2)c(-c2ccc(F)cc2)c(=O)[nH]1)Cc1ccccc1. The van der Waals surface area contributed by atoms with Crippen molar-refractivity contribution in [3.63, 3.8) is 0 Å². The summed E-state index contributed by atoms with van der Waals surface area (Å²) in [6.45, 7) is 0.434. The fourth-order valence-electron chi connectivity index (χ4n) is 3.38. The third-order valence-electron chi connectivity index (χ3n) is 4.88. The molecular formula is C24H23ClFN5O. The molecule has 0 amide bonds. The Morgan fingerprint density at radius 3 is 2.34 bits per heavy atom. The van der Waals surface area contributed by atoms with Crippen LogP contribution in [0.4, 0.5) is 10.3 Å². The highest BCUT2D eigenvalue weighted by Gasteiger charge is 2.16. The molecule has 0 aliphatic carbocycles. The van der Waals surface area contributed by atoms with Crippen molar-refractivity contribution in [2.45, 2.75) is 12.5 Å². The third-order valence-corrected chi connectivity index (χ3v) is 4.88. The first-order valence-corrected chi connectivity index (χ1v) is 9.94. The van der Waals surface area contributed by atoms with Gasteiger partial charge in [0, 0.05) is 30.5 Å². The maximum absolute atomic E-state index is 13.4. The predicted molar refractivity (Wildman–Crippen MR) is 127 cm³/mol. The zero-order chi connectivity index (χ0) is 21.6. The number of halogens is 2. The zero-order valence-corrected chi connectivity index (χ0v) is 18.0. The number of rotatable bonds is 7. The summed E-state index contributed by atoms with van der Waals surface area (Å²) in [6, 6.07) is 19.1. The molecule has 0 radical (unpaired) electrons. The van der Waals surface area contributed by atoms with Crippen LogP contribution in [0.5, 0.6) is 0 Å². The van der Waals surface area contributed by atoms with Gasteiger partial charge in [-0.25, -0.2) is 9.37 Å². The first-order valence-electron chi connectivity index (χ1n) is 9.94. The number of nitrogens with zero attached hydrogens (tertiary/aromatic N) is 2. The van der Waals surface area contributed by atoms with E-state index in [0.717, 1.165) is 11.1 Å². The summed E-state index contributed by atoms with van der Waals surface area (Å²) in [5.41, 5.74) is 9.23. The van der Waals surface area contributed by atoms with E-state index in [-0.39, 0.29) is 29.8 Å². The molecule has 8 heteroatoms. The van der Waals surface area contributed by atoms with Crippen LogP contribution in [0, 0.1) is 5.82 Å². The van der Waals surface area contributed by atoms with E-state index in [1.807, 2.05) is 30.3 Å². The monoisotopic (exact) mass is 451 g/mol. The molecule has 164 valence electrons. The highest BCUT2D eigenvalue weighted by molar-refractivity contribution is 5.85. The van der Waals surface area contributed by atoms with E-state index in [1.165, 1.54) is 12.1 Å². The molecule has 0 unspecified atom stereocenters. The number of nitrogens with one attached hydrogen (secondary N) is 2. The lowest BCUT2D eigenvalue weighted by atomic mass is 10.0. The second-order valence-electron chi connectivity index (χ2n) is 7.21. The summed E-state index contributed by atoms with van der Waals surface area (Å²) in [6.07, 6.45) is 3.97. The van der Waals surface area contributed by atoms with Crippen LogP contribution in [-0.4, -0.2) is 27.5 Å². The number of hydrogen-bond donors (Lipinski definition) is 3. The topological polar surface area (TPSA) is 96.7 Å². The molecule has 0 aliphatic rings. The summed E-state index contributed by atoms with van der Waals surface area (Å²) in [7, 11) is 0. The molecule has 4 N–H and O–H groups in total. The van der Waals surface area contributed by atoms with Crippen LogP contribution in [0.15, 0.2) is 83.9 Å². The van der Waals surface area contributed by atoms with Crippen LogP contribution >= 0.6 is 12.4 Å². The molecule has 1 atom stereocenters. The Bertz CT molecular complexity index is 1200. The Morgan fingerprint density at radius 1 is 0.969 bits per heavy atom. The standard InChI is InChI=1S/C24H22FN5O.ClH/c25-19-8-6-17(7-9-19)21-22(18-10-12-27-13-11-18)29-24(30-23(21)31)28-15-20(26)14-16-4-2-1-3-5-16;/h1-13,20H,14-15,26H2,(H2,28,29,30,31);1H/t20-;/m1./s1. The molecule has 0 bridgehead atoms. The molecule has 6 nitrogen and oxygen atoms in total. The molecule has 4 rings (SSSR count). The van der Waals surface area contributed by atoms with Crippen LogP contribution in [0.25, 0.3) is 22.4 Å². The van der Waals surface area contributed by atoms with Gasteiger partial charge in [-0.1, -0.05) is 42.5 Å². The van der Waals surface area contributed by atoms with Crippen LogP contribution < -0.4 is 16.6 Å².